The van der Waals surface area contributed by atoms with Crippen molar-refractivity contribution in [3.05, 3.63) is 77.6 Å². The third kappa shape index (κ3) is 2.70. The molecule has 4 aromatic rings. The zero-order chi connectivity index (χ0) is 17.4. The number of aromatic nitrogens is 2. The van der Waals surface area contributed by atoms with Crippen LogP contribution in [0.2, 0.25) is 0 Å². The molecule has 0 amide bonds. The molecule has 2 N–H and O–H groups in total. The van der Waals surface area contributed by atoms with Gasteiger partial charge >= 0.3 is 5.97 Å². The number of furan rings is 1. The van der Waals surface area contributed by atoms with Crippen molar-refractivity contribution in [2.24, 2.45) is 0 Å². The molecule has 0 aliphatic carbocycles. The lowest BCUT2D eigenvalue weighted by Gasteiger charge is -2.00. The molecule has 0 aliphatic rings. The number of benzene rings is 2. The van der Waals surface area contributed by atoms with E-state index in [-0.39, 0.29) is 11.5 Å². The number of ketones is 1. The van der Waals surface area contributed by atoms with Gasteiger partial charge in [0.25, 0.3) is 0 Å². The van der Waals surface area contributed by atoms with Crippen LogP contribution in [-0.2, 0) is 0 Å². The first kappa shape index (κ1) is 14.9. The number of carbonyl (C=O) groups excluding carboxylic acids is 1. The first-order chi connectivity index (χ1) is 12.1. The Labute approximate surface area is 141 Å². The van der Waals surface area contributed by atoms with E-state index in [0.29, 0.717) is 28.2 Å². The van der Waals surface area contributed by atoms with E-state index >= 15 is 0 Å². The summed E-state index contributed by atoms with van der Waals surface area (Å²) in [5.41, 5.74) is 2.47. The molecule has 0 aliphatic heterocycles. The summed E-state index contributed by atoms with van der Waals surface area (Å²) in [5.74, 6) is -0.650. The van der Waals surface area contributed by atoms with Crippen LogP contribution < -0.4 is 0 Å². The fourth-order valence-electron chi connectivity index (χ4n) is 2.60. The Morgan fingerprint density at radius 2 is 1.76 bits per heavy atom. The maximum Gasteiger partial charge on any atom is 0.371 e. The number of hydrogen-bond acceptors (Lipinski definition) is 4. The molecule has 0 atom stereocenters. The monoisotopic (exact) mass is 332 g/mol. The fraction of sp³-hybridized carbons (Fsp3) is 0. The lowest BCUT2D eigenvalue weighted by Crippen LogP contribution is -2.00. The minimum absolute atomic E-state index is 0.0850. The van der Waals surface area contributed by atoms with Gasteiger partial charge in [-0.15, -0.1) is 0 Å². The predicted octanol–water partition coefficient (Wildman–Crippen LogP) is 3.75. The molecule has 0 saturated carbocycles. The van der Waals surface area contributed by atoms with E-state index in [0.717, 1.165) is 5.52 Å². The number of rotatable bonds is 4. The van der Waals surface area contributed by atoms with Crippen LogP contribution in [0.15, 0.2) is 65.1 Å². The van der Waals surface area contributed by atoms with Gasteiger partial charge in [0.15, 0.2) is 17.4 Å². The molecule has 0 saturated heterocycles. The summed E-state index contributed by atoms with van der Waals surface area (Å²) in [6.07, 6.45) is 0. The average Bonchev–Trinajstić information content (AvgIpc) is 3.28. The standard InChI is InChI=1S/C19H12N2O4/c22-17(11-4-2-1-3-5-11)12-6-7-13-14(10-12)21-18(20-13)15-8-9-16(25-15)19(23)24/h1-10H,(H,20,21)(H,23,24). The van der Waals surface area contributed by atoms with Crippen molar-refractivity contribution in [2.45, 2.75) is 0 Å². The van der Waals surface area contributed by atoms with Crippen molar-refractivity contribution in [2.75, 3.05) is 0 Å². The second-order valence-electron chi connectivity index (χ2n) is 5.48. The van der Waals surface area contributed by atoms with E-state index in [2.05, 4.69) is 9.97 Å². The first-order valence-corrected chi connectivity index (χ1v) is 7.55. The second-order valence-corrected chi connectivity index (χ2v) is 5.48. The van der Waals surface area contributed by atoms with Crippen LogP contribution in [-0.4, -0.2) is 26.8 Å². The summed E-state index contributed by atoms with van der Waals surface area (Å²) in [6, 6.07) is 17.1. The minimum Gasteiger partial charge on any atom is -0.475 e. The van der Waals surface area contributed by atoms with Crippen LogP contribution >= 0.6 is 0 Å². The number of carboxylic acids is 1. The zero-order valence-corrected chi connectivity index (χ0v) is 12.9. The Bertz CT molecular complexity index is 1090. The van der Waals surface area contributed by atoms with Gasteiger partial charge < -0.3 is 14.5 Å². The minimum atomic E-state index is -1.14. The summed E-state index contributed by atoms with van der Waals surface area (Å²) in [4.78, 5) is 30.9. The highest BCUT2D eigenvalue weighted by Gasteiger charge is 2.15. The smallest absolute Gasteiger partial charge is 0.371 e. The molecule has 0 bridgehead atoms. The number of nitrogens with one attached hydrogen (secondary N) is 1. The molecule has 0 unspecified atom stereocenters. The Kier molecular flexibility index (Phi) is 3.43. The molecule has 6 nitrogen and oxygen atoms in total. The van der Waals surface area contributed by atoms with Crippen molar-refractivity contribution >= 4 is 22.8 Å². The van der Waals surface area contributed by atoms with Gasteiger partial charge in [0.05, 0.1) is 11.0 Å². The van der Waals surface area contributed by atoms with E-state index < -0.39 is 5.97 Å². The number of fused-ring (bicyclic) bond motifs is 1. The molecule has 25 heavy (non-hydrogen) atoms. The van der Waals surface area contributed by atoms with Crippen LogP contribution in [0.1, 0.15) is 26.5 Å². The Morgan fingerprint density at radius 1 is 0.960 bits per heavy atom. The van der Waals surface area contributed by atoms with Gasteiger partial charge in [0, 0.05) is 11.1 Å². The molecular weight excluding hydrogens is 320 g/mol. The highest BCUT2D eigenvalue weighted by molar-refractivity contribution is 6.10. The molecule has 4 rings (SSSR count). The van der Waals surface area contributed by atoms with Crippen molar-refractivity contribution < 1.29 is 19.1 Å². The molecule has 2 heterocycles. The number of carboxylic acid groups (broad SMARTS) is 1. The number of aromatic carboxylic acids is 1. The van der Waals surface area contributed by atoms with Gasteiger partial charge in [-0.05, 0) is 30.3 Å². The summed E-state index contributed by atoms with van der Waals surface area (Å²) >= 11 is 0. The lowest BCUT2D eigenvalue weighted by atomic mass is 10.0. The molecular formula is C19H12N2O4. The molecule has 6 heteroatoms. The Morgan fingerprint density at radius 3 is 2.48 bits per heavy atom. The SMILES string of the molecule is O=C(c1ccccc1)c1ccc2[nH]c(-c3ccc(C(=O)O)o3)nc2c1. The maximum atomic E-state index is 12.5. The van der Waals surface area contributed by atoms with Crippen LogP contribution in [0, 0.1) is 0 Å². The molecule has 2 aromatic carbocycles. The van der Waals surface area contributed by atoms with E-state index in [1.54, 1.807) is 30.3 Å². The summed E-state index contributed by atoms with van der Waals surface area (Å²) in [6.45, 7) is 0. The number of hydrogen-bond donors (Lipinski definition) is 2. The number of imidazole rings is 1. The number of nitrogens with zero attached hydrogens (tertiary/aromatic N) is 1. The number of carbonyl (C=O) groups is 2. The van der Waals surface area contributed by atoms with E-state index in [9.17, 15) is 9.59 Å². The van der Waals surface area contributed by atoms with Gasteiger partial charge in [0.1, 0.15) is 0 Å². The van der Waals surface area contributed by atoms with Crippen LogP contribution in [0.25, 0.3) is 22.6 Å². The molecule has 122 valence electrons. The quantitative estimate of drug-likeness (QED) is 0.555. The van der Waals surface area contributed by atoms with Gasteiger partial charge in [-0.25, -0.2) is 9.78 Å². The van der Waals surface area contributed by atoms with Gasteiger partial charge in [-0.2, -0.15) is 0 Å². The lowest BCUT2D eigenvalue weighted by molar-refractivity contribution is 0.0663. The van der Waals surface area contributed by atoms with Crippen molar-refractivity contribution in [1.82, 2.24) is 9.97 Å². The molecule has 0 fully saturated rings. The number of H-pyrrole nitrogens is 1. The van der Waals surface area contributed by atoms with Crippen molar-refractivity contribution in [3.8, 4) is 11.6 Å². The number of aromatic amines is 1. The van der Waals surface area contributed by atoms with Gasteiger partial charge in [0.2, 0.25) is 5.76 Å². The third-order valence-corrected chi connectivity index (χ3v) is 3.83. The molecule has 0 spiro atoms. The van der Waals surface area contributed by atoms with E-state index in [1.807, 2.05) is 18.2 Å². The normalized spacial score (nSPS) is 10.9. The van der Waals surface area contributed by atoms with Gasteiger partial charge in [-0.1, -0.05) is 30.3 Å². The van der Waals surface area contributed by atoms with Crippen LogP contribution in [0.3, 0.4) is 0 Å². The largest absolute Gasteiger partial charge is 0.475 e. The third-order valence-electron chi connectivity index (χ3n) is 3.83. The van der Waals surface area contributed by atoms with Crippen LogP contribution in [0.4, 0.5) is 0 Å². The summed E-state index contributed by atoms with van der Waals surface area (Å²) < 4.78 is 5.25. The fourth-order valence-corrected chi connectivity index (χ4v) is 2.60. The van der Waals surface area contributed by atoms with Crippen molar-refractivity contribution in [3.63, 3.8) is 0 Å². The van der Waals surface area contributed by atoms with E-state index in [1.165, 1.54) is 12.1 Å². The molecule has 0 radical (unpaired) electrons. The summed E-state index contributed by atoms with van der Waals surface area (Å²) in [7, 11) is 0. The van der Waals surface area contributed by atoms with E-state index in [4.69, 9.17) is 9.52 Å². The predicted molar refractivity (Wildman–Crippen MR) is 90.6 cm³/mol. The Balaban J connectivity index is 1.72. The van der Waals surface area contributed by atoms with Gasteiger partial charge in [-0.3, -0.25) is 4.79 Å². The highest BCUT2D eigenvalue weighted by Crippen LogP contribution is 2.24. The van der Waals surface area contributed by atoms with Crippen molar-refractivity contribution in [1.29, 1.82) is 0 Å². The Hall–Kier alpha value is -3.67. The second kappa shape index (κ2) is 5.76. The first-order valence-electron chi connectivity index (χ1n) is 7.55. The highest BCUT2D eigenvalue weighted by atomic mass is 16.4. The zero-order valence-electron chi connectivity index (χ0n) is 12.9. The van der Waals surface area contributed by atoms with Crippen LogP contribution in [0.5, 0.6) is 0 Å². The average molecular weight is 332 g/mol. The molecule has 2 aromatic heterocycles. The maximum absolute atomic E-state index is 12.5. The summed E-state index contributed by atoms with van der Waals surface area (Å²) in [5, 5.41) is 8.93. The topological polar surface area (TPSA) is 96.2 Å².